The van der Waals surface area contributed by atoms with Gasteiger partial charge in [-0.1, -0.05) is 54.5 Å². The highest BCUT2D eigenvalue weighted by Gasteiger charge is 2.76. The zero-order valence-electron chi connectivity index (χ0n) is 26.4. The molecule has 1 spiro atoms. The summed E-state index contributed by atoms with van der Waals surface area (Å²) in [5.74, 6) is 0.264. The van der Waals surface area contributed by atoms with Crippen molar-refractivity contribution in [3.05, 3.63) is 23.8 Å². The zero-order valence-corrected chi connectivity index (χ0v) is 27.4. The molecule has 1 N–H and O–H groups in total. The molecule has 8 heteroatoms. The minimum Gasteiger partial charge on any atom is -0.497 e. The fraction of sp³-hybridized carbons (Fsp3) is 0.781. The SMILES string of the molecule is CC[C@]12C[C@H](O[Si](C(C)C)(C(C)C)C(C)C)CN3CC[C@@]4(c5ccc(OC)cc5N(C)[C@H]4[C@@](O)(C(=O)OC)C1)[C@@H]32. The Morgan fingerprint density at radius 3 is 2.30 bits per heavy atom. The maximum Gasteiger partial charge on any atom is 0.340 e. The monoisotopic (exact) mass is 572 g/mol. The van der Waals surface area contributed by atoms with Crippen LogP contribution in [0.3, 0.4) is 0 Å². The van der Waals surface area contributed by atoms with Crippen molar-refractivity contribution in [3.63, 3.8) is 0 Å². The number of carbonyl (C=O) groups is 1. The molecule has 224 valence electrons. The Morgan fingerprint density at radius 1 is 1.10 bits per heavy atom. The van der Waals surface area contributed by atoms with Gasteiger partial charge < -0.3 is 23.9 Å². The van der Waals surface area contributed by atoms with Gasteiger partial charge in [-0.15, -0.1) is 0 Å². The molecule has 5 rings (SSSR count). The van der Waals surface area contributed by atoms with E-state index in [0.717, 1.165) is 43.8 Å². The molecule has 6 atom stereocenters. The lowest BCUT2D eigenvalue weighted by molar-refractivity contribution is -0.193. The van der Waals surface area contributed by atoms with Gasteiger partial charge >= 0.3 is 5.97 Å². The summed E-state index contributed by atoms with van der Waals surface area (Å²) in [4.78, 5) is 18.5. The first kappa shape index (κ1) is 29.9. The van der Waals surface area contributed by atoms with Crippen molar-refractivity contribution in [2.45, 2.75) is 120 Å². The van der Waals surface area contributed by atoms with Crippen LogP contribution in [0.25, 0.3) is 0 Å². The number of carbonyl (C=O) groups excluding carboxylic acids is 1. The van der Waals surface area contributed by atoms with Crippen LogP contribution in [0.5, 0.6) is 5.75 Å². The van der Waals surface area contributed by atoms with E-state index in [0.29, 0.717) is 23.0 Å². The van der Waals surface area contributed by atoms with Gasteiger partial charge in [0.1, 0.15) is 5.75 Å². The molecule has 0 radical (unpaired) electrons. The third-order valence-electron chi connectivity index (χ3n) is 11.7. The number of aliphatic hydroxyl groups is 1. The van der Waals surface area contributed by atoms with Gasteiger partial charge in [0.25, 0.3) is 0 Å². The standard InChI is InChI=1S/C32H52N2O5Si/c1-11-30-17-24(39-40(20(2)3,21(4)5)22(6)7)18-34-15-14-31(27(30)34)25-13-12-23(37-9)16-26(25)33(8)28(31)32(36,19-30)29(35)38-10/h12-13,16,20-22,24,27-28,36H,11,14-15,17-19H2,1-10H3/t24-,27-,28+,30-,31+,32+/m0/s1. The number of rotatable bonds is 8. The highest BCUT2D eigenvalue weighted by molar-refractivity contribution is 6.77. The van der Waals surface area contributed by atoms with E-state index in [1.165, 1.54) is 12.7 Å². The number of hydrogen-bond donors (Lipinski definition) is 1. The minimum atomic E-state index is -2.12. The van der Waals surface area contributed by atoms with E-state index >= 15 is 0 Å². The summed E-state index contributed by atoms with van der Waals surface area (Å²) in [7, 11) is 2.99. The van der Waals surface area contributed by atoms with Gasteiger partial charge in [0, 0.05) is 36.8 Å². The summed E-state index contributed by atoms with van der Waals surface area (Å²) >= 11 is 0. The van der Waals surface area contributed by atoms with E-state index in [1.807, 2.05) is 13.1 Å². The molecule has 3 heterocycles. The Morgan fingerprint density at radius 2 is 1.75 bits per heavy atom. The predicted octanol–water partition coefficient (Wildman–Crippen LogP) is 5.49. The van der Waals surface area contributed by atoms with Gasteiger partial charge in [-0.2, -0.15) is 0 Å². The van der Waals surface area contributed by atoms with Crippen LogP contribution in [-0.2, 0) is 19.4 Å². The summed E-state index contributed by atoms with van der Waals surface area (Å²) in [5, 5.41) is 12.6. The molecular weight excluding hydrogens is 520 g/mol. The Hall–Kier alpha value is -1.61. The van der Waals surface area contributed by atoms with Crippen molar-refractivity contribution in [3.8, 4) is 5.75 Å². The second kappa shape index (κ2) is 9.99. The number of ether oxygens (including phenoxy) is 2. The molecule has 4 aliphatic rings. The molecular formula is C32H52N2O5Si. The van der Waals surface area contributed by atoms with Gasteiger partial charge in [-0.05, 0) is 65.9 Å². The lowest BCUT2D eigenvalue weighted by atomic mass is 9.48. The molecule has 1 aromatic rings. The fourth-order valence-corrected chi connectivity index (χ4v) is 16.2. The Kier molecular flexibility index (Phi) is 7.46. The molecule has 3 aliphatic heterocycles. The Balaban J connectivity index is 1.66. The topological polar surface area (TPSA) is 71.5 Å². The predicted molar refractivity (Wildman–Crippen MR) is 162 cm³/mol. The third kappa shape index (κ3) is 3.74. The zero-order chi connectivity index (χ0) is 29.4. The lowest BCUT2D eigenvalue weighted by Crippen LogP contribution is -2.76. The summed E-state index contributed by atoms with van der Waals surface area (Å²) < 4.78 is 18.4. The van der Waals surface area contributed by atoms with Gasteiger partial charge in [-0.3, -0.25) is 4.90 Å². The van der Waals surface area contributed by atoms with Crippen LogP contribution in [0.4, 0.5) is 5.69 Å². The number of nitrogens with zero attached hydrogens (tertiary/aromatic N) is 2. The van der Waals surface area contributed by atoms with Crippen LogP contribution in [0.1, 0.15) is 79.7 Å². The van der Waals surface area contributed by atoms with Crippen molar-refractivity contribution in [1.29, 1.82) is 0 Å². The van der Waals surface area contributed by atoms with Crippen molar-refractivity contribution in [1.82, 2.24) is 4.90 Å². The number of piperidine rings is 1. The number of benzene rings is 1. The number of hydrogen-bond acceptors (Lipinski definition) is 7. The van der Waals surface area contributed by atoms with E-state index in [4.69, 9.17) is 13.9 Å². The fourth-order valence-electron chi connectivity index (χ4n) is 10.6. The van der Waals surface area contributed by atoms with Crippen molar-refractivity contribution < 1.29 is 23.8 Å². The van der Waals surface area contributed by atoms with Crippen LogP contribution in [0.15, 0.2) is 18.2 Å². The van der Waals surface area contributed by atoms with Gasteiger partial charge in [-0.25, -0.2) is 4.79 Å². The summed E-state index contributed by atoms with van der Waals surface area (Å²) in [6, 6.07) is 6.10. The largest absolute Gasteiger partial charge is 0.497 e. The highest BCUT2D eigenvalue weighted by atomic mass is 28.4. The van der Waals surface area contributed by atoms with E-state index in [1.54, 1.807) is 7.11 Å². The average molecular weight is 573 g/mol. The van der Waals surface area contributed by atoms with Crippen LogP contribution in [0, 0.1) is 5.41 Å². The summed E-state index contributed by atoms with van der Waals surface area (Å²) in [6.45, 7) is 18.2. The van der Waals surface area contributed by atoms with E-state index < -0.39 is 25.9 Å². The van der Waals surface area contributed by atoms with Crippen LogP contribution >= 0.6 is 0 Å². The van der Waals surface area contributed by atoms with Gasteiger partial charge in [0.2, 0.25) is 8.32 Å². The first-order valence-corrected chi connectivity index (χ1v) is 17.6. The number of esters is 1. The molecule has 0 amide bonds. The van der Waals surface area contributed by atoms with E-state index in [9.17, 15) is 9.90 Å². The normalized spacial score (nSPS) is 35.2. The number of anilines is 1. The Labute approximate surface area is 242 Å². The number of fused-ring (bicyclic) bond motifs is 1. The van der Waals surface area contributed by atoms with E-state index in [-0.39, 0.29) is 23.0 Å². The lowest BCUT2D eigenvalue weighted by Gasteiger charge is -2.64. The maximum absolute atomic E-state index is 13.7. The molecule has 7 nitrogen and oxygen atoms in total. The molecule has 0 bridgehead atoms. The second-order valence-electron chi connectivity index (χ2n) is 14.2. The molecule has 1 aliphatic carbocycles. The first-order valence-electron chi connectivity index (χ1n) is 15.4. The molecule has 1 aromatic carbocycles. The second-order valence-corrected chi connectivity index (χ2v) is 19.6. The number of likely N-dealkylation sites (N-methyl/N-ethyl adjacent to an activating group) is 1. The highest BCUT2D eigenvalue weighted by Crippen LogP contribution is 2.68. The molecule has 40 heavy (non-hydrogen) atoms. The maximum atomic E-state index is 13.7. The summed E-state index contributed by atoms with van der Waals surface area (Å²) in [5.41, 5.74) is 1.46. The number of methoxy groups -OCH3 is 2. The first-order chi connectivity index (χ1) is 18.8. The van der Waals surface area contributed by atoms with Gasteiger partial charge in [0.15, 0.2) is 5.60 Å². The van der Waals surface area contributed by atoms with E-state index in [2.05, 4.69) is 70.4 Å². The molecule has 2 saturated heterocycles. The van der Waals surface area contributed by atoms with Crippen LogP contribution in [0.2, 0.25) is 16.6 Å². The molecule has 3 fully saturated rings. The van der Waals surface area contributed by atoms with Crippen molar-refractivity contribution in [2.24, 2.45) is 5.41 Å². The van der Waals surface area contributed by atoms with Crippen molar-refractivity contribution >= 4 is 20.0 Å². The average Bonchev–Trinajstić information content (AvgIpc) is 3.42. The quantitative estimate of drug-likeness (QED) is 0.326. The van der Waals surface area contributed by atoms with Gasteiger partial charge in [0.05, 0.1) is 26.4 Å². The van der Waals surface area contributed by atoms with Crippen LogP contribution in [-0.4, -0.2) is 82.4 Å². The third-order valence-corrected chi connectivity index (χ3v) is 17.8. The molecule has 0 aromatic heterocycles. The minimum absolute atomic E-state index is 0.0816. The smallest absolute Gasteiger partial charge is 0.340 e. The van der Waals surface area contributed by atoms with Crippen LogP contribution < -0.4 is 9.64 Å². The summed E-state index contributed by atoms with van der Waals surface area (Å²) in [6.07, 6.45) is 3.08. The molecule has 1 saturated carbocycles. The Bertz CT molecular complexity index is 1120. The molecule has 0 unspecified atom stereocenters. The van der Waals surface area contributed by atoms with Crippen molar-refractivity contribution in [2.75, 3.05) is 39.3 Å².